The van der Waals surface area contributed by atoms with Gasteiger partial charge in [0.25, 0.3) is 0 Å². The van der Waals surface area contributed by atoms with Gasteiger partial charge < -0.3 is 10.6 Å². The van der Waals surface area contributed by atoms with Gasteiger partial charge >= 0.3 is 0 Å². The molecule has 1 unspecified atom stereocenters. The van der Waals surface area contributed by atoms with E-state index in [0.717, 1.165) is 15.0 Å². The Morgan fingerprint density at radius 3 is 2.83 bits per heavy atom. The number of nitrogen functional groups attached to an aromatic ring is 1. The molecular formula is C11H15IN2O2S2. The van der Waals surface area contributed by atoms with Crippen molar-refractivity contribution < 1.29 is 8.42 Å². The second kappa shape index (κ2) is 5.46. The Morgan fingerprint density at radius 2 is 2.22 bits per heavy atom. The highest BCUT2D eigenvalue weighted by Gasteiger charge is 2.31. The molecule has 1 atom stereocenters. The number of halogens is 1. The van der Waals surface area contributed by atoms with E-state index in [-0.39, 0.29) is 0 Å². The molecule has 2 rings (SSSR count). The van der Waals surface area contributed by atoms with E-state index in [0.29, 0.717) is 18.0 Å². The third-order valence-electron chi connectivity index (χ3n) is 2.88. The van der Waals surface area contributed by atoms with Crippen LogP contribution >= 0.6 is 34.4 Å². The summed E-state index contributed by atoms with van der Waals surface area (Å²) in [4.78, 5) is 1.91. The monoisotopic (exact) mass is 398 g/mol. The zero-order valence-corrected chi connectivity index (χ0v) is 13.8. The average molecular weight is 398 g/mol. The van der Waals surface area contributed by atoms with Gasteiger partial charge in [0, 0.05) is 27.9 Å². The van der Waals surface area contributed by atoms with E-state index in [1.807, 2.05) is 23.1 Å². The Morgan fingerprint density at radius 1 is 1.50 bits per heavy atom. The zero-order chi connectivity index (χ0) is 13.3. The standard InChI is InChI=1S/C11H15IN2O2S2/c1-18(15,16)11-7-17-5-4-14(11)10-3-2-8(12)6-9(10)13/h2-3,6,11H,4-5,7,13H2,1H3. The molecule has 1 aliphatic heterocycles. The Hall–Kier alpha value is -0.150. The van der Waals surface area contributed by atoms with Gasteiger partial charge in [-0.25, -0.2) is 8.42 Å². The fourth-order valence-electron chi connectivity index (χ4n) is 2.00. The minimum Gasteiger partial charge on any atom is -0.397 e. The number of nitrogens with two attached hydrogens (primary N) is 1. The van der Waals surface area contributed by atoms with E-state index in [4.69, 9.17) is 5.73 Å². The molecule has 0 bridgehead atoms. The fourth-order valence-corrected chi connectivity index (χ4v) is 5.35. The molecule has 0 radical (unpaired) electrons. The summed E-state index contributed by atoms with van der Waals surface area (Å²) in [5, 5.41) is -0.474. The summed E-state index contributed by atoms with van der Waals surface area (Å²) in [6.07, 6.45) is 1.29. The van der Waals surface area contributed by atoms with Crippen LogP contribution in [-0.2, 0) is 9.84 Å². The quantitative estimate of drug-likeness (QED) is 0.608. The minimum absolute atomic E-state index is 0.474. The molecule has 0 aromatic heterocycles. The normalized spacial score (nSPS) is 21.0. The highest BCUT2D eigenvalue weighted by atomic mass is 127. The minimum atomic E-state index is -3.10. The molecule has 1 heterocycles. The number of sulfone groups is 1. The van der Waals surface area contributed by atoms with Crippen LogP contribution in [0.1, 0.15) is 0 Å². The second-order valence-corrected chi connectivity index (χ2v) is 8.85. The van der Waals surface area contributed by atoms with Crippen molar-refractivity contribution in [3.8, 4) is 0 Å². The summed E-state index contributed by atoms with van der Waals surface area (Å²) in [5.41, 5.74) is 7.48. The number of rotatable bonds is 2. The van der Waals surface area contributed by atoms with E-state index in [1.165, 1.54) is 6.26 Å². The fraction of sp³-hybridized carbons (Fsp3) is 0.455. The van der Waals surface area contributed by atoms with Gasteiger partial charge in [-0.2, -0.15) is 11.8 Å². The van der Waals surface area contributed by atoms with Crippen LogP contribution in [0.15, 0.2) is 18.2 Å². The third kappa shape index (κ3) is 3.05. The highest BCUT2D eigenvalue weighted by molar-refractivity contribution is 14.1. The van der Waals surface area contributed by atoms with Gasteiger partial charge in [0.2, 0.25) is 0 Å². The van der Waals surface area contributed by atoms with Gasteiger partial charge in [0.15, 0.2) is 9.84 Å². The van der Waals surface area contributed by atoms with Crippen LogP contribution in [0, 0.1) is 3.57 Å². The van der Waals surface area contributed by atoms with Gasteiger partial charge in [0.05, 0.1) is 11.4 Å². The molecule has 1 aliphatic rings. The van der Waals surface area contributed by atoms with E-state index in [2.05, 4.69) is 22.6 Å². The summed E-state index contributed by atoms with van der Waals surface area (Å²) in [6, 6.07) is 5.73. The molecule has 0 amide bonds. The summed E-state index contributed by atoms with van der Waals surface area (Å²) < 4.78 is 24.8. The van der Waals surface area contributed by atoms with Crippen molar-refractivity contribution in [1.29, 1.82) is 0 Å². The smallest absolute Gasteiger partial charge is 0.169 e. The number of hydrogen-bond donors (Lipinski definition) is 1. The predicted octanol–water partition coefficient (Wildman–Crippen LogP) is 1.80. The van der Waals surface area contributed by atoms with Crippen LogP contribution in [0.25, 0.3) is 0 Å². The van der Waals surface area contributed by atoms with Gasteiger partial charge in [-0.1, -0.05) is 0 Å². The van der Waals surface area contributed by atoms with Crippen LogP contribution in [0.2, 0.25) is 0 Å². The van der Waals surface area contributed by atoms with Crippen LogP contribution in [-0.4, -0.2) is 38.1 Å². The number of benzene rings is 1. The van der Waals surface area contributed by atoms with E-state index in [9.17, 15) is 8.42 Å². The molecule has 0 aliphatic carbocycles. The molecule has 1 fully saturated rings. The maximum absolute atomic E-state index is 11.9. The SMILES string of the molecule is CS(=O)(=O)C1CSCCN1c1ccc(I)cc1N. The van der Waals surface area contributed by atoms with E-state index in [1.54, 1.807) is 11.8 Å². The summed E-state index contributed by atoms with van der Waals surface area (Å²) >= 11 is 3.87. The van der Waals surface area contributed by atoms with Crippen LogP contribution < -0.4 is 10.6 Å². The zero-order valence-electron chi connectivity index (χ0n) is 9.97. The first-order chi connectivity index (χ1) is 8.39. The Labute approximate surface area is 125 Å². The summed E-state index contributed by atoms with van der Waals surface area (Å²) in [6.45, 7) is 0.715. The largest absolute Gasteiger partial charge is 0.397 e. The van der Waals surface area contributed by atoms with E-state index < -0.39 is 15.2 Å². The first-order valence-electron chi connectivity index (χ1n) is 5.48. The van der Waals surface area contributed by atoms with Gasteiger partial charge in [-0.15, -0.1) is 0 Å². The Kier molecular flexibility index (Phi) is 4.32. The number of hydrogen-bond acceptors (Lipinski definition) is 5. The molecular weight excluding hydrogens is 383 g/mol. The van der Waals surface area contributed by atoms with Crippen molar-refractivity contribution in [2.75, 3.05) is 34.9 Å². The van der Waals surface area contributed by atoms with E-state index >= 15 is 0 Å². The van der Waals surface area contributed by atoms with Crippen LogP contribution in [0.5, 0.6) is 0 Å². The maximum Gasteiger partial charge on any atom is 0.169 e. The first-order valence-corrected chi connectivity index (χ1v) is 9.66. The van der Waals surface area contributed by atoms with Crippen molar-refractivity contribution in [2.45, 2.75) is 5.37 Å². The molecule has 100 valence electrons. The molecule has 18 heavy (non-hydrogen) atoms. The molecule has 0 spiro atoms. The predicted molar refractivity (Wildman–Crippen MR) is 86.9 cm³/mol. The topological polar surface area (TPSA) is 63.4 Å². The second-order valence-electron chi connectivity index (χ2n) is 4.26. The molecule has 1 aromatic rings. The van der Waals surface area contributed by atoms with Crippen molar-refractivity contribution in [2.24, 2.45) is 0 Å². The Bertz CT molecular complexity index is 548. The lowest BCUT2D eigenvalue weighted by Crippen LogP contribution is -2.47. The lowest BCUT2D eigenvalue weighted by molar-refractivity contribution is 0.584. The van der Waals surface area contributed by atoms with Crippen molar-refractivity contribution >= 4 is 55.6 Å². The first kappa shape index (κ1) is 14.3. The van der Waals surface area contributed by atoms with Crippen molar-refractivity contribution in [3.05, 3.63) is 21.8 Å². The van der Waals surface area contributed by atoms with Crippen molar-refractivity contribution in [1.82, 2.24) is 0 Å². The number of nitrogens with zero attached hydrogens (tertiary/aromatic N) is 1. The van der Waals surface area contributed by atoms with Crippen LogP contribution in [0.4, 0.5) is 11.4 Å². The number of thioether (sulfide) groups is 1. The highest BCUT2D eigenvalue weighted by Crippen LogP contribution is 2.31. The van der Waals surface area contributed by atoms with Crippen molar-refractivity contribution in [3.63, 3.8) is 0 Å². The molecule has 2 N–H and O–H groups in total. The van der Waals surface area contributed by atoms with Gasteiger partial charge in [0.1, 0.15) is 5.37 Å². The lowest BCUT2D eigenvalue weighted by Gasteiger charge is -2.36. The van der Waals surface area contributed by atoms with Gasteiger partial charge in [-0.05, 0) is 40.8 Å². The molecule has 4 nitrogen and oxygen atoms in total. The number of anilines is 2. The third-order valence-corrected chi connectivity index (χ3v) is 6.19. The maximum atomic E-state index is 11.9. The molecule has 7 heteroatoms. The Balaban J connectivity index is 2.40. The molecule has 1 aromatic carbocycles. The average Bonchev–Trinajstić information content (AvgIpc) is 2.28. The molecule has 0 saturated carbocycles. The van der Waals surface area contributed by atoms with Crippen LogP contribution in [0.3, 0.4) is 0 Å². The summed E-state index contributed by atoms with van der Waals surface area (Å²) in [5.74, 6) is 1.53. The summed E-state index contributed by atoms with van der Waals surface area (Å²) in [7, 11) is -3.10. The van der Waals surface area contributed by atoms with Gasteiger partial charge in [-0.3, -0.25) is 0 Å². The lowest BCUT2D eigenvalue weighted by atomic mass is 10.2. The molecule has 1 saturated heterocycles.